The minimum absolute atomic E-state index is 0.300. The van der Waals surface area contributed by atoms with Gasteiger partial charge >= 0.3 is 0 Å². The molecule has 25 heavy (non-hydrogen) atoms. The zero-order valence-electron chi connectivity index (χ0n) is 14.1. The zero-order valence-corrected chi connectivity index (χ0v) is 15.7. The molecule has 2 N–H and O–H groups in total. The van der Waals surface area contributed by atoms with Crippen LogP contribution in [0.15, 0.2) is 41.0 Å². The van der Waals surface area contributed by atoms with E-state index in [0.29, 0.717) is 13.0 Å². The smallest absolute Gasteiger partial charge is 0.230 e. The number of carbonyl (C=O) groups excluding carboxylic acids is 1. The van der Waals surface area contributed by atoms with Gasteiger partial charge in [-0.3, -0.25) is 4.79 Å². The number of rotatable bonds is 7. The van der Waals surface area contributed by atoms with Crippen LogP contribution in [0.1, 0.15) is 20.3 Å². The summed E-state index contributed by atoms with van der Waals surface area (Å²) in [4.78, 5) is 21.3. The first-order valence-corrected chi connectivity index (χ1v) is 9.81. The first-order valence-electron chi connectivity index (χ1n) is 8.05. The number of amides is 1. The Balaban J connectivity index is 2.03. The second-order valence-corrected chi connectivity index (χ2v) is 7.43. The molecule has 0 saturated heterocycles. The monoisotopic (exact) mass is 373 g/mol. The van der Waals surface area contributed by atoms with E-state index in [2.05, 4.69) is 15.3 Å². The fourth-order valence-electron chi connectivity index (χ4n) is 2.52. The number of nitrogens with two attached hydrogens (primary N) is 1. The van der Waals surface area contributed by atoms with E-state index < -0.39 is 0 Å². The van der Waals surface area contributed by atoms with E-state index in [0.717, 1.165) is 32.1 Å². The van der Waals surface area contributed by atoms with Gasteiger partial charge in [0, 0.05) is 10.9 Å². The first kappa shape index (κ1) is 17.7. The molecular weight excluding hydrogens is 354 g/mol. The Labute approximate surface area is 154 Å². The normalized spacial score (nSPS) is 12.2. The Kier molecular flexibility index (Phi) is 5.55. The summed E-state index contributed by atoms with van der Waals surface area (Å²) in [5, 5.41) is 3.54. The lowest BCUT2D eigenvalue weighted by Gasteiger charge is -2.11. The van der Waals surface area contributed by atoms with Gasteiger partial charge in [-0.15, -0.1) is 11.3 Å². The van der Waals surface area contributed by atoms with Crippen LogP contribution in [0.4, 0.5) is 0 Å². The third kappa shape index (κ3) is 3.77. The largest absolute Gasteiger partial charge is 0.494 e. The van der Waals surface area contributed by atoms with Crippen molar-refractivity contribution in [2.24, 2.45) is 5.73 Å². The van der Waals surface area contributed by atoms with Crippen LogP contribution in [0.25, 0.3) is 21.3 Å². The second kappa shape index (κ2) is 7.84. The molecular formula is C18H19N3O2S2. The molecule has 3 rings (SSSR count). The Morgan fingerprint density at radius 3 is 2.68 bits per heavy atom. The van der Waals surface area contributed by atoms with Crippen LogP contribution in [-0.2, 0) is 4.79 Å². The number of hydrogen-bond acceptors (Lipinski definition) is 6. The highest BCUT2D eigenvalue weighted by Crippen LogP contribution is 2.39. The number of fused-ring (bicyclic) bond motifs is 1. The summed E-state index contributed by atoms with van der Waals surface area (Å²) >= 11 is 2.98. The van der Waals surface area contributed by atoms with Crippen molar-refractivity contribution in [1.82, 2.24) is 9.97 Å². The maximum absolute atomic E-state index is 11.6. The minimum Gasteiger partial charge on any atom is -0.494 e. The van der Waals surface area contributed by atoms with Gasteiger partial charge in [0.05, 0.1) is 17.2 Å². The number of ether oxygens (including phenoxy) is 1. The molecule has 1 unspecified atom stereocenters. The van der Waals surface area contributed by atoms with Crippen molar-refractivity contribution < 1.29 is 9.53 Å². The van der Waals surface area contributed by atoms with Crippen LogP contribution in [0, 0.1) is 0 Å². The summed E-state index contributed by atoms with van der Waals surface area (Å²) in [6, 6.07) is 7.97. The van der Waals surface area contributed by atoms with Crippen LogP contribution in [0.3, 0.4) is 0 Å². The average Bonchev–Trinajstić information content (AvgIpc) is 3.05. The Hall–Kier alpha value is -2.12. The summed E-state index contributed by atoms with van der Waals surface area (Å²) < 4.78 is 5.51. The van der Waals surface area contributed by atoms with E-state index in [1.807, 2.05) is 38.1 Å². The van der Waals surface area contributed by atoms with E-state index in [1.54, 1.807) is 11.3 Å². The summed E-state index contributed by atoms with van der Waals surface area (Å²) in [5.74, 6) is 0.522. The number of hydrogen-bond donors (Lipinski definition) is 1. The lowest BCUT2D eigenvalue weighted by molar-refractivity contribution is -0.117. The molecule has 0 radical (unpaired) electrons. The number of primary amides is 1. The van der Waals surface area contributed by atoms with Crippen molar-refractivity contribution in [2.75, 3.05) is 6.61 Å². The molecule has 0 aliphatic heterocycles. The summed E-state index contributed by atoms with van der Waals surface area (Å²) in [6.07, 6.45) is 2.20. The van der Waals surface area contributed by atoms with Crippen LogP contribution in [-0.4, -0.2) is 27.7 Å². The maximum Gasteiger partial charge on any atom is 0.230 e. The predicted molar refractivity (Wildman–Crippen MR) is 103 cm³/mol. The van der Waals surface area contributed by atoms with Crippen molar-refractivity contribution in [2.45, 2.75) is 30.5 Å². The van der Waals surface area contributed by atoms with Crippen LogP contribution < -0.4 is 10.5 Å². The molecule has 3 aromatic rings. The van der Waals surface area contributed by atoms with Gasteiger partial charge in [-0.2, -0.15) is 0 Å². The van der Waals surface area contributed by atoms with Gasteiger partial charge in [0.25, 0.3) is 0 Å². The van der Waals surface area contributed by atoms with Crippen LogP contribution in [0.2, 0.25) is 0 Å². The molecule has 1 aromatic carbocycles. The lowest BCUT2D eigenvalue weighted by Crippen LogP contribution is -2.24. The topological polar surface area (TPSA) is 78.1 Å². The Morgan fingerprint density at radius 1 is 1.28 bits per heavy atom. The first-order chi connectivity index (χ1) is 12.1. The van der Waals surface area contributed by atoms with E-state index >= 15 is 0 Å². The summed E-state index contributed by atoms with van der Waals surface area (Å²) in [7, 11) is 0. The third-order valence-electron chi connectivity index (χ3n) is 3.75. The number of carbonyl (C=O) groups is 1. The van der Waals surface area contributed by atoms with E-state index in [9.17, 15) is 4.79 Å². The van der Waals surface area contributed by atoms with Gasteiger partial charge in [0.2, 0.25) is 5.91 Å². The molecule has 0 aliphatic rings. The standard InChI is InChI=1S/C18H19N3O2S2/c1-3-14(16(19)22)25-18-15-13(9-24-17(15)20-10-21-18)11-5-7-12(8-6-11)23-4-2/h5-10,14H,3-4H2,1-2H3,(H2,19,22). The van der Waals surface area contributed by atoms with E-state index in [1.165, 1.54) is 18.1 Å². The average molecular weight is 374 g/mol. The molecule has 2 heterocycles. The molecule has 0 fully saturated rings. The number of aromatic nitrogens is 2. The molecule has 2 aromatic heterocycles. The van der Waals surface area contributed by atoms with Gasteiger partial charge in [0.1, 0.15) is 21.9 Å². The van der Waals surface area contributed by atoms with Crippen molar-refractivity contribution in [1.29, 1.82) is 0 Å². The van der Waals surface area contributed by atoms with Crippen molar-refractivity contribution in [3.05, 3.63) is 36.0 Å². The molecule has 1 amide bonds. The highest BCUT2D eigenvalue weighted by Gasteiger charge is 2.20. The fraction of sp³-hybridized carbons (Fsp3) is 0.278. The maximum atomic E-state index is 11.6. The zero-order chi connectivity index (χ0) is 17.8. The molecule has 0 saturated carbocycles. The molecule has 5 nitrogen and oxygen atoms in total. The van der Waals surface area contributed by atoms with Crippen molar-refractivity contribution in [3.8, 4) is 16.9 Å². The molecule has 1 atom stereocenters. The molecule has 0 bridgehead atoms. The van der Waals surface area contributed by atoms with E-state index in [4.69, 9.17) is 10.5 Å². The molecule has 7 heteroatoms. The second-order valence-electron chi connectivity index (χ2n) is 5.38. The SMILES string of the molecule is CCOc1ccc(-c2csc3ncnc(SC(CC)C(N)=O)c23)cc1. The third-order valence-corrected chi connectivity index (χ3v) is 6.02. The summed E-state index contributed by atoms with van der Waals surface area (Å²) in [6.45, 7) is 4.55. The number of thiophene rings is 1. The van der Waals surface area contributed by atoms with Crippen LogP contribution >= 0.6 is 23.1 Å². The van der Waals surface area contributed by atoms with E-state index in [-0.39, 0.29) is 11.2 Å². The minimum atomic E-state index is -0.322. The highest BCUT2D eigenvalue weighted by atomic mass is 32.2. The Morgan fingerprint density at radius 2 is 2.04 bits per heavy atom. The fourth-order valence-corrected chi connectivity index (χ4v) is 4.49. The predicted octanol–water partition coefficient (Wildman–Crippen LogP) is 4.11. The van der Waals surface area contributed by atoms with Gasteiger partial charge < -0.3 is 10.5 Å². The number of thioether (sulfide) groups is 1. The van der Waals surface area contributed by atoms with Crippen molar-refractivity contribution in [3.63, 3.8) is 0 Å². The molecule has 0 aliphatic carbocycles. The summed E-state index contributed by atoms with van der Waals surface area (Å²) in [5.41, 5.74) is 7.62. The number of benzene rings is 1. The van der Waals surface area contributed by atoms with Gasteiger partial charge in [0.15, 0.2) is 0 Å². The quantitative estimate of drug-likeness (QED) is 0.498. The van der Waals surface area contributed by atoms with Gasteiger partial charge in [-0.1, -0.05) is 30.8 Å². The van der Waals surface area contributed by atoms with Gasteiger partial charge in [-0.25, -0.2) is 9.97 Å². The lowest BCUT2D eigenvalue weighted by atomic mass is 10.1. The number of nitrogens with zero attached hydrogens (tertiary/aromatic N) is 2. The van der Waals surface area contributed by atoms with Crippen LogP contribution in [0.5, 0.6) is 5.75 Å². The van der Waals surface area contributed by atoms with Gasteiger partial charge in [-0.05, 0) is 31.0 Å². The Bertz CT molecular complexity index is 878. The molecule has 0 spiro atoms. The highest BCUT2D eigenvalue weighted by molar-refractivity contribution is 8.00. The van der Waals surface area contributed by atoms with Crippen molar-refractivity contribution >= 4 is 39.2 Å². The molecule has 130 valence electrons.